The summed E-state index contributed by atoms with van der Waals surface area (Å²) in [5, 5.41) is 0. The van der Waals surface area contributed by atoms with E-state index in [0.717, 1.165) is 48.1 Å². The molecule has 30 heavy (non-hydrogen) atoms. The Kier molecular flexibility index (Phi) is 5.48. The van der Waals surface area contributed by atoms with Crippen molar-refractivity contribution in [3.8, 4) is 0 Å². The van der Waals surface area contributed by atoms with Gasteiger partial charge < -0.3 is 19.2 Å². The number of nitrogens with zero attached hydrogens (tertiary/aromatic N) is 2. The fraction of sp³-hybridized carbons (Fsp3) is 0.652. The summed E-state index contributed by atoms with van der Waals surface area (Å²) in [6, 6.07) is 6.13. The predicted octanol–water partition coefficient (Wildman–Crippen LogP) is 3.96. The van der Waals surface area contributed by atoms with Crippen molar-refractivity contribution in [1.29, 1.82) is 0 Å². The molecule has 1 N–H and O–H groups in total. The lowest BCUT2D eigenvalue weighted by Crippen LogP contribution is -2.41. The fourth-order valence-corrected chi connectivity index (χ4v) is 4.24. The highest BCUT2D eigenvalue weighted by Gasteiger charge is 2.51. The number of nitrogens with one attached hydrogen (secondary N) is 1. The molecule has 1 aromatic carbocycles. The van der Waals surface area contributed by atoms with Crippen LogP contribution in [0.15, 0.2) is 18.2 Å². The van der Waals surface area contributed by atoms with Crippen LogP contribution in [0.25, 0.3) is 11.0 Å². The maximum atomic E-state index is 12.8. The molecule has 2 aliphatic rings. The molecule has 6 nitrogen and oxygen atoms in total. The van der Waals surface area contributed by atoms with Crippen LogP contribution in [0.2, 0.25) is 0 Å². The van der Waals surface area contributed by atoms with E-state index < -0.39 is 7.12 Å². The highest BCUT2D eigenvalue weighted by atomic mass is 16.7. The Morgan fingerprint density at radius 2 is 2.00 bits per heavy atom. The second kappa shape index (κ2) is 7.68. The monoisotopic (exact) mass is 411 g/mol. The molecule has 2 fully saturated rings. The predicted molar refractivity (Wildman–Crippen MR) is 120 cm³/mol. The quantitative estimate of drug-likeness (QED) is 0.757. The number of aromatic amines is 1. The van der Waals surface area contributed by atoms with Gasteiger partial charge in [0.25, 0.3) is 0 Å². The summed E-state index contributed by atoms with van der Waals surface area (Å²) in [4.78, 5) is 23.1. The third-order valence-electron chi connectivity index (χ3n) is 7.16. The molecule has 4 rings (SSSR count). The number of fused-ring (bicyclic) bond motifs is 1. The molecule has 2 saturated heterocycles. The van der Waals surface area contributed by atoms with Gasteiger partial charge in [0.05, 0.1) is 28.3 Å². The van der Waals surface area contributed by atoms with Gasteiger partial charge in [0.15, 0.2) is 0 Å². The molecule has 3 heterocycles. The first-order valence-corrected chi connectivity index (χ1v) is 11.3. The van der Waals surface area contributed by atoms with E-state index in [1.165, 1.54) is 0 Å². The van der Waals surface area contributed by atoms with Crippen LogP contribution in [-0.4, -0.2) is 45.6 Å². The Morgan fingerprint density at radius 1 is 1.30 bits per heavy atom. The van der Waals surface area contributed by atoms with Crippen LogP contribution in [0, 0.1) is 5.92 Å². The van der Waals surface area contributed by atoms with Gasteiger partial charge in [-0.05, 0) is 64.1 Å². The van der Waals surface area contributed by atoms with Crippen LogP contribution >= 0.6 is 0 Å². The van der Waals surface area contributed by atoms with Crippen molar-refractivity contribution < 1.29 is 14.1 Å². The number of hydrogen-bond donors (Lipinski definition) is 1. The maximum Gasteiger partial charge on any atom is 0.494 e. The van der Waals surface area contributed by atoms with E-state index in [9.17, 15) is 4.79 Å². The molecule has 0 spiro atoms. The number of carbonyl (C=O) groups excluding carboxylic acids is 1. The van der Waals surface area contributed by atoms with Gasteiger partial charge in [-0.25, -0.2) is 4.98 Å². The smallest absolute Gasteiger partial charge is 0.399 e. The number of hydrogen-bond acceptors (Lipinski definition) is 4. The highest BCUT2D eigenvalue weighted by molar-refractivity contribution is 6.62. The molecule has 0 radical (unpaired) electrons. The van der Waals surface area contributed by atoms with Crippen LogP contribution in [0.3, 0.4) is 0 Å². The van der Waals surface area contributed by atoms with Crippen LogP contribution in [0.4, 0.5) is 0 Å². The Morgan fingerprint density at radius 3 is 2.67 bits per heavy atom. The Balaban J connectivity index is 1.56. The normalized spacial score (nSPS) is 24.0. The van der Waals surface area contributed by atoms with E-state index in [1.54, 1.807) is 0 Å². The molecule has 162 valence electrons. The molecule has 2 aromatic rings. The average Bonchev–Trinajstić information content (AvgIpc) is 3.36. The van der Waals surface area contributed by atoms with Gasteiger partial charge in [-0.15, -0.1) is 0 Å². The van der Waals surface area contributed by atoms with E-state index in [0.29, 0.717) is 12.3 Å². The first-order valence-electron chi connectivity index (χ1n) is 11.3. The van der Waals surface area contributed by atoms with E-state index in [1.807, 2.05) is 17.0 Å². The summed E-state index contributed by atoms with van der Waals surface area (Å²) in [7, 11) is -0.397. The summed E-state index contributed by atoms with van der Waals surface area (Å²) in [6.07, 6.45) is 3.61. The summed E-state index contributed by atoms with van der Waals surface area (Å²) >= 11 is 0. The zero-order chi connectivity index (χ0) is 21.7. The summed E-state index contributed by atoms with van der Waals surface area (Å²) in [6.45, 7) is 13.3. The lowest BCUT2D eigenvalue weighted by Gasteiger charge is -2.32. The topological polar surface area (TPSA) is 67.5 Å². The molecule has 0 aliphatic carbocycles. The minimum atomic E-state index is -0.397. The van der Waals surface area contributed by atoms with Crippen molar-refractivity contribution in [3.63, 3.8) is 0 Å². The number of aromatic nitrogens is 2. The van der Waals surface area contributed by atoms with Crippen molar-refractivity contribution >= 4 is 29.5 Å². The van der Waals surface area contributed by atoms with Gasteiger partial charge >= 0.3 is 7.12 Å². The number of imidazole rings is 1. The number of likely N-dealkylation sites (tertiary alicyclic amines) is 1. The molecule has 0 bridgehead atoms. The third-order valence-corrected chi connectivity index (χ3v) is 7.16. The van der Waals surface area contributed by atoms with Gasteiger partial charge in [0.1, 0.15) is 5.82 Å². The van der Waals surface area contributed by atoms with E-state index in [2.05, 4.69) is 52.6 Å². The number of benzene rings is 1. The van der Waals surface area contributed by atoms with E-state index in [-0.39, 0.29) is 23.2 Å². The number of rotatable bonds is 5. The van der Waals surface area contributed by atoms with Gasteiger partial charge in [-0.2, -0.15) is 0 Å². The summed E-state index contributed by atoms with van der Waals surface area (Å²) < 4.78 is 12.4. The van der Waals surface area contributed by atoms with E-state index in [4.69, 9.17) is 14.3 Å². The Labute approximate surface area is 179 Å². The Bertz CT molecular complexity index is 923. The molecular weight excluding hydrogens is 377 g/mol. The molecular formula is C23H34BN3O3. The summed E-state index contributed by atoms with van der Waals surface area (Å²) in [5.41, 5.74) is 2.11. The number of H-pyrrole nitrogens is 1. The SMILES string of the molecule is CCC(C)CC(=O)N1CCC[C@H]1c1nc2ccc(B3OC(C)(C)C(C)(C)O3)cc2[nH]1. The van der Waals surface area contributed by atoms with Crippen molar-refractivity contribution in [1.82, 2.24) is 14.9 Å². The molecule has 1 amide bonds. The minimum Gasteiger partial charge on any atom is -0.399 e. The molecule has 2 atom stereocenters. The molecule has 0 saturated carbocycles. The highest BCUT2D eigenvalue weighted by Crippen LogP contribution is 2.37. The van der Waals surface area contributed by atoms with Crippen molar-refractivity contribution in [3.05, 3.63) is 24.0 Å². The standard InChI is InChI=1S/C23H34BN3O3/c1-7-15(2)13-20(28)27-12-8-9-19(27)21-25-17-11-10-16(14-18(17)26-21)24-29-22(3,4)23(5,6)30-24/h10-11,14-15,19H,7-9,12-13H2,1-6H3,(H,25,26)/t15?,19-/m0/s1. The lowest BCUT2D eigenvalue weighted by molar-refractivity contribution is -0.133. The average molecular weight is 411 g/mol. The van der Waals surface area contributed by atoms with Crippen molar-refractivity contribution in [2.45, 2.75) is 84.5 Å². The number of carbonyl (C=O) groups is 1. The van der Waals surface area contributed by atoms with Gasteiger partial charge in [0, 0.05) is 13.0 Å². The van der Waals surface area contributed by atoms with Crippen molar-refractivity contribution in [2.24, 2.45) is 5.92 Å². The van der Waals surface area contributed by atoms with Gasteiger partial charge in [-0.3, -0.25) is 4.79 Å². The fourth-order valence-electron chi connectivity index (χ4n) is 4.24. The van der Waals surface area contributed by atoms with Crippen LogP contribution in [-0.2, 0) is 14.1 Å². The second-order valence-corrected chi connectivity index (χ2v) is 9.95. The first kappa shape index (κ1) is 21.4. The minimum absolute atomic E-state index is 0.0363. The number of amides is 1. The Hall–Kier alpha value is -1.86. The molecule has 1 unspecified atom stereocenters. The summed E-state index contributed by atoms with van der Waals surface area (Å²) in [5.74, 6) is 1.54. The second-order valence-electron chi connectivity index (χ2n) is 9.95. The van der Waals surface area contributed by atoms with Gasteiger partial charge in [0.2, 0.25) is 5.91 Å². The van der Waals surface area contributed by atoms with Crippen molar-refractivity contribution in [2.75, 3.05) is 6.54 Å². The molecule has 7 heteroatoms. The van der Waals surface area contributed by atoms with Crippen LogP contribution in [0.5, 0.6) is 0 Å². The molecule has 2 aliphatic heterocycles. The van der Waals surface area contributed by atoms with E-state index >= 15 is 0 Å². The van der Waals surface area contributed by atoms with Crippen LogP contribution in [0.1, 0.15) is 79.1 Å². The maximum absolute atomic E-state index is 12.8. The zero-order valence-corrected chi connectivity index (χ0v) is 19.1. The third kappa shape index (κ3) is 3.78. The lowest BCUT2D eigenvalue weighted by atomic mass is 9.79. The molecule has 1 aromatic heterocycles. The van der Waals surface area contributed by atoms with Crippen LogP contribution < -0.4 is 5.46 Å². The van der Waals surface area contributed by atoms with Gasteiger partial charge in [-0.1, -0.05) is 26.3 Å². The zero-order valence-electron chi connectivity index (χ0n) is 19.1. The first-order chi connectivity index (χ1) is 14.1. The largest absolute Gasteiger partial charge is 0.494 e.